The van der Waals surface area contributed by atoms with Crippen molar-refractivity contribution in [3.63, 3.8) is 0 Å². The van der Waals surface area contributed by atoms with Crippen LogP contribution in [-0.4, -0.2) is 66.2 Å². The number of fused-ring (bicyclic) bond motifs is 4. The molecule has 27 heavy (non-hydrogen) atoms. The first-order valence-electron chi connectivity index (χ1n) is 9.46. The highest BCUT2D eigenvalue weighted by molar-refractivity contribution is 5.80. The van der Waals surface area contributed by atoms with Gasteiger partial charge in [-0.05, 0) is 38.2 Å². The van der Waals surface area contributed by atoms with E-state index in [0.717, 1.165) is 48.6 Å². The van der Waals surface area contributed by atoms with Gasteiger partial charge in [0.1, 0.15) is 5.65 Å². The molecule has 1 unspecified atom stereocenters. The highest BCUT2D eigenvalue weighted by Crippen LogP contribution is 2.38. The number of anilines is 4. The molecular formula is C20H25N7. The van der Waals surface area contributed by atoms with E-state index in [9.17, 15) is 0 Å². The minimum Gasteiger partial charge on any atom is -0.371 e. The third-order valence-electron chi connectivity index (χ3n) is 5.63. The molecule has 7 nitrogen and oxygen atoms in total. The fraction of sp³-hybridized carbons (Fsp3) is 0.400. The summed E-state index contributed by atoms with van der Waals surface area (Å²) in [6.45, 7) is 6.36. The molecule has 0 amide bonds. The van der Waals surface area contributed by atoms with Gasteiger partial charge in [-0.15, -0.1) is 0 Å². The molecule has 2 aliphatic rings. The van der Waals surface area contributed by atoms with Crippen LogP contribution >= 0.6 is 0 Å². The molecule has 7 heteroatoms. The molecule has 2 aromatic heterocycles. The predicted molar refractivity (Wildman–Crippen MR) is 110 cm³/mol. The van der Waals surface area contributed by atoms with Crippen LogP contribution < -0.4 is 15.1 Å². The molecule has 5 rings (SSSR count). The largest absolute Gasteiger partial charge is 0.371 e. The van der Waals surface area contributed by atoms with Crippen molar-refractivity contribution in [2.45, 2.75) is 13.0 Å². The SMILES string of the molecule is Cc1cc2cnc(Nc3ccc4c(c3)N3CCN(C)CC3CN4C)nc2[nH]1. The van der Waals surface area contributed by atoms with Crippen molar-refractivity contribution in [2.75, 3.05) is 55.4 Å². The third-order valence-corrected chi connectivity index (χ3v) is 5.63. The summed E-state index contributed by atoms with van der Waals surface area (Å²) in [6.07, 6.45) is 1.86. The van der Waals surface area contributed by atoms with Gasteiger partial charge in [-0.2, -0.15) is 4.98 Å². The molecule has 4 heterocycles. The van der Waals surface area contributed by atoms with E-state index >= 15 is 0 Å². The molecule has 3 aromatic rings. The van der Waals surface area contributed by atoms with Gasteiger partial charge in [0.25, 0.3) is 0 Å². The fourth-order valence-corrected chi connectivity index (χ4v) is 4.29. The number of aryl methyl sites for hydroxylation is 1. The summed E-state index contributed by atoms with van der Waals surface area (Å²) in [5, 5.41) is 4.41. The Morgan fingerprint density at radius 3 is 2.89 bits per heavy atom. The van der Waals surface area contributed by atoms with Crippen LogP contribution in [0.2, 0.25) is 0 Å². The first kappa shape index (κ1) is 16.4. The Hall–Kier alpha value is -2.80. The summed E-state index contributed by atoms with van der Waals surface area (Å²) in [7, 11) is 4.39. The molecule has 140 valence electrons. The zero-order valence-corrected chi connectivity index (χ0v) is 16.0. The molecular weight excluding hydrogens is 338 g/mol. The Morgan fingerprint density at radius 1 is 1.11 bits per heavy atom. The average molecular weight is 363 g/mol. The highest BCUT2D eigenvalue weighted by Gasteiger charge is 2.32. The molecule has 1 aromatic carbocycles. The van der Waals surface area contributed by atoms with Gasteiger partial charge in [0.2, 0.25) is 5.95 Å². The van der Waals surface area contributed by atoms with E-state index < -0.39 is 0 Å². The molecule has 0 aliphatic carbocycles. The van der Waals surface area contributed by atoms with Crippen molar-refractivity contribution in [3.05, 3.63) is 36.2 Å². The van der Waals surface area contributed by atoms with Crippen LogP contribution in [0.5, 0.6) is 0 Å². The lowest BCUT2D eigenvalue weighted by Gasteiger charge is -2.48. The van der Waals surface area contributed by atoms with Crippen LogP contribution in [0, 0.1) is 6.92 Å². The van der Waals surface area contributed by atoms with Crippen molar-refractivity contribution in [2.24, 2.45) is 0 Å². The van der Waals surface area contributed by atoms with Gasteiger partial charge >= 0.3 is 0 Å². The topological polar surface area (TPSA) is 63.3 Å². The lowest BCUT2D eigenvalue weighted by atomic mass is 10.0. The number of hydrogen-bond acceptors (Lipinski definition) is 6. The Bertz CT molecular complexity index is 995. The quantitative estimate of drug-likeness (QED) is 0.730. The Labute approximate surface area is 159 Å². The monoisotopic (exact) mass is 363 g/mol. The first-order valence-corrected chi connectivity index (χ1v) is 9.46. The van der Waals surface area contributed by atoms with Gasteiger partial charge in [0, 0.05) is 56.2 Å². The summed E-state index contributed by atoms with van der Waals surface area (Å²) in [5.74, 6) is 0.614. The minimum atomic E-state index is 0.533. The molecule has 2 aliphatic heterocycles. The van der Waals surface area contributed by atoms with Crippen molar-refractivity contribution in [1.82, 2.24) is 19.9 Å². The molecule has 0 spiro atoms. The van der Waals surface area contributed by atoms with Crippen molar-refractivity contribution < 1.29 is 0 Å². The van der Waals surface area contributed by atoms with E-state index in [1.807, 2.05) is 13.1 Å². The van der Waals surface area contributed by atoms with E-state index in [4.69, 9.17) is 0 Å². The molecule has 2 N–H and O–H groups in total. The van der Waals surface area contributed by atoms with E-state index in [2.05, 4.69) is 73.3 Å². The Morgan fingerprint density at radius 2 is 2.00 bits per heavy atom. The first-order chi connectivity index (χ1) is 13.1. The number of piperazine rings is 1. The summed E-state index contributed by atoms with van der Waals surface area (Å²) in [6, 6.07) is 9.13. The normalized spacial score (nSPS) is 19.9. The number of rotatable bonds is 2. The van der Waals surface area contributed by atoms with Crippen molar-refractivity contribution in [3.8, 4) is 0 Å². The van der Waals surface area contributed by atoms with Crippen LogP contribution in [-0.2, 0) is 0 Å². The molecule has 0 bridgehead atoms. The number of H-pyrrole nitrogens is 1. The molecule has 1 atom stereocenters. The van der Waals surface area contributed by atoms with Crippen LogP contribution in [0.25, 0.3) is 11.0 Å². The fourth-order valence-electron chi connectivity index (χ4n) is 4.29. The van der Waals surface area contributed by atoms with Crippen molar-refractivity contribution >= 4 is 34.0 Å². The maximum atomic E-state index is 4.60. The van der Waals surface area contributed by atoms with Gasteiger partial charge in [-0.3, -0.25) is 0 Å². The molecule has 1 saturated heterocycles. The average Bonchev–Trinajstić information content (AvgIpc) is 3.01. The van der Waals surface area contributed by atoms with Gasteiger partial charge in [-0.25, -0.2) is 4.98 Å². The van der Waals surface area contributed by atoms with Crippen LogP contribution in [0.15, 0.2) is 30.5 Å². The van der Waals surface area contributed by atoms with Crippen LogP contribution in [0.4, 0.5) is 23.0 Å². The van der Waals surface area contributed by atoms with Gasteiger partial charge < -0.3 is 25.0 Å². The Kier molecular flexibility index (Phi) is 3.72. The lowest BCUT2D eigenvalue weighted by Crippen LogP contribution is -2.58. The second-order valence-electron chi connectivity index (χ2n) is 7.77. The standard InChI is InChI=1S/C20H25N7/c1-13-8-14-10-21-20(24-19(14)22-13)23-15-4-5-17-18(9-15)27-7-6-25(2)11-16(27)12-26(17)3/h4-5,8-10,16H,6-7,11-12H2,1-3H3,(H2,21,22,23,24). The summed E-state index contributed by atoms with van der Waals surface area (Å²) in [5.41, 5.74) is 5.56. The summed E-state index contributed by atoms with van der Waals surface area (Å²) < 4.78 is 0. The summed E-state index contributed by atoms with van der Waals surface area (Å²) >= 11 is 0. The zero-order valence-electron chi connectivity index (χ0n) is 16.0. The maximum absolute atomic E-state index is 4.60. The minimum absolute atomic E-state index is 0.533. The number of nitrogens with zero attached hydrogens (tertiary/aromatic N) is 5. The van der Waals surface area contributed by atoms with Gasteiger partial charge in [0.15, 0.2) is 0 Å². The zero-order chi connectivity index (χ0) is 18.5. The lowest BCUT2D eigenvalue weighted by molar-refractivity contribution is 0.265. The smallest absolute Gasteiger partial charge is 0.229 e. The molecule has 0 radical (unpaired) electrons. The Balaban J connectivity index is 1.46. The van der Waals surface area contributed by atoms with Crippen LogP contribution in [0.3, 0.4) is 0 Å². The number of nitrogens with one attached hydrogen (secondary N) is 2. The second-order valence-corrected chi connectivity index (χ2v) is 7.77. The number of benzene rings is 1. The van der Waals surface area contributed by atoms with E-state index in [1.165, 1.54) is 11.4 Å². The van der Waals surface area contributed by atoms with E-state index in [1.54, 1.807) is 0 Å². The van der Waals surface area contributed by atoms with E-state index in [-0.39, 0.29) is 0 Å². The van der Waals surface area contributed by atoms with E-state index in [0.29, 0.717) is 12.0 Å². The second kappa shape index (κ2) is 6.13. The van der Waals surface area contributed by atoms with Crippen LogP contribution in [0.1, 0.15) is 5.69 Å². The van der Waals surface area contributed by atoms with Gasteiger partial charge in [-0.1, -0.05) is 0 Å². The number of aromatic nitrogens is 3. The van der Waals surface area contributed by atoms with Crippen molar-refractivity contribution in [1.29, 1.82) is 0 Å². The summed E-state index contributed by atoms with van der Waals surface area (Å²) in [4.78, 5) is 19.7. The molecule has 1 fully saturated rings. The number of aromatic amines is 1. The third kappa shape index (κ3) is 2.88. The maximum Gasteiger partial charge on any atom is 0.229 e. The number of hydrogen-bond donors (Lipinski definition) is 2. The van der Waals surface area contributed by atoms with Gasteiger partial charge in [0.05, 0.1) is 17.4 Å². The predicted octanol–water partition coefficient (Wildman–Crippen LogP) is 2.58. The highest BCUT2D eigenvalue weighted by atomic mass is 15.3. The molecule has 0 saturated carbocycles. The number of likely N-dealkylation sites (N-methyl/N-ethyl adjacent to an activating group) is 2.